The number of aliphatic hydroxyl groups excluding tert-OH is 1. The van der Waals surface area contributed by atoms with Gasteiger partial charge in [-0.25, -0.2) is 0 Å². The molecule has 1 aromatic heterocycles. The topological polar surface area (TPSA) is 33.1 Å². The van der Waals surface area contributed by atoms with Gasteiger partial charge in [0.05, 0.1) is 6.61 Å². The molecule has 0 bridgehead atoms. The van der Waals surface area contributed by atoms with Gasteiger partial charge in [0.2, 0.25) is 0 Å². The van der Waals surface area contributed by atoms with Gasteiger partial charge in [-0.05, 0) is 36.0 Å². The summed E-state index contributed by atoms with van der Waals surface area (Å²) in [5.41, 5.74) is 2.27. The maximum atomic E-state index is 9.45. The molecule has 1 N–H and O–H groups in total. The Morgan fingerprint density at radius 3 is 2.81 bits per heavy atom. The molecule has 2 rings (SSSR count). The molecule has 0 spiro atoms. The van der Waals surface area contributed by atoms with E-state index in [1.807, 2.05) is 18.3 Å². The number of pyridine rings is 1. The van der Waals surface area contributed by atoms with Gasteiger partial charge >= 0.3 is 0 Å². The Morgan fingerprint density at radius 1 is 1.38 bits per heavy atom. The van der Waals surface area contributed by atoms with Gasteiger partial charge in [0.1, 0.15) is 0 Å². The van der Waals surface area contributed by atoms with Crippen molar-refractivity contribution < 1.29 is 5.11 Å². The van der Waals surface area contributed by atoms with E-state index in [1.165, 1.54) is 37.7 Å². The predicted octanol–water partition coefficient (Wildman–Crippen LogP) is 3.04. The summed E-state index contributed by atoms with van der Waals surface area (Å²) in [6, 6.07) is 3.97. The molecule has 0 unspecified atom stereocenters. The van der Waals surface area contributed by atoms with Crippen molar-refractivity contribution in [3.05, 3.63) is 35.7 Å². The third-order valence-electron chi connectivity index (χ3n) is 3.35. The summed E-state index contributed by atoms with van der Waals surface area (Å²) in [7, 11) is 0. The van der Waals surface area contributed by atoms with E-state index in [4.69, 9.17) is 0 Å². The highest BCUT2D eigenvalue weighted by molar-refractivity contribution is 5.52. The fourth-order valence-corrected chi connectivity index (χ4v) is 2.44. The lowest BCUT2D eigenvalue weighted by Crippen LogP contribution is -2.11. The minimum absolute atomic E-state index is 0.180. The highest BCUT2D eigenvalue weighted by Crippen LogP contribution is 2.30. The lowest BCUT2D eigenvalue weighted by Gasteiger charge is -2.23. The van der Waals surface area contributed by atoms with E-state index in [0.717, 1.165) is 5.56 Å². The first-order valence-corrected chi connectivity index (χ1v) is 6.11. The van der Waals surface area contributed by atoms with Crippen LogP contribution < -0.4 is 0 Å². The number of nitrogens with zero attached hydrogens (tertiary/aromatic N) is 1. The number of hydrogen-bond donors (Lipinski definition) is 1. The quantitative estimate of drug-likeness (QED) is 0.844. The summed E-state index contributed by atoms with van der Waals surface area (Å²) in [5, 5.41) is 9.45. The summed E-state index contributed by atoms with van der Waals surface area (Å²) >= 11 is 0. The summed E-state index contributed by atoms with van der Waals surface area (Å²) in [6.45, 7) is 0.180. The van der Waals surface area contributed by atoms with Crippen molar-refractivity contribution in [1.82, 2.24) is 4.98 Å². The predicted molar refractivity (Wildman–Crippen MR) is 65.9 cm³/mol. The highest BCUT2D eigenvalue weighted by atomic mass is 16.3. The molecule has 0 aromatic carbocycles. The van der Waals surface area contributed by atoms with Gasteiger partial charge in [0.25, 0.3) is 0 Å². The molecule has 0 aliphatic heterocycles. The Morgan fingerprint density at radius 2 is 2.19 bits per heavy atom. The van der Waals surface area contributed by atoms with Gasteiger partial charge in [-0.3, -0.25) is 4.98 Å². The molecule has 0 amide bonds. The van der Waals surface area contributed by atoms with Crippen molar-refractivity contribution in [3.63, 3.8) is 0 Å². The van der Waals surface area contributed by atoms with Crippen LogP contribution in [0.5, 0.6) is 0 Å². The minimum Gasteiger partial charge on any atom is -0.392 e. The molecule has 2 nitrogen and oxygen atoms in total. The Bertz CT molecular complexity index is 339. The lowest BCUT2D eigenvalue weighted by molar-refractivity contribution is 0.295. The first-order chi connectivity index (χ1) is 7.90. The normalized spacial score (nSPS) is 18.7. The van der Waals surface area contributed by atoms with Crippen LogP contribution in [0.4, 0.5) is 0 Å². The van der Waals surface area contributed by atoms with E-state index in [-0.39, 0.29) is 6.61 Å². The van der Waals surface area contributed by atoms with Gasteiger partial charge in [-0.15, -0.1) is 0 Å². The molecule has 86 valence electrons. The van der Waals surface area contributed by atoms with Crippen LogP contribution in [-0.2, 0) is 0 Å². The Hall–Kier alpha value is -1.15. The second-order valence-electron chi connectivity index (χ2n) is 4.50. The largest absolute Gasteiger partial charge is 0.392 e. The molecular formula is C14H19NO. The smallest absolute Gasteiger partial charge is 0.0647 e. The summed E-state index contributed by atoms with van der Waals surface area (Å²) in [6.07, 6.45) is 12.1. The minimum atomic E-state index is 0.180. The lowest BCUT2D eigenvalue weighted by atomic mass is 9.83. The van der Waals surface area contributed by atoms with Gasteiger partial charge in [0.15, 0.2) is 0 Å². The Labute approximate surface area is 97.0 Å². The number of rotatable bonds is 3. The molecule has 1 heterocycles. The average Bonchev–Trinajstić information content (AvgIpc) is 2.38. The van der Waals surface area contributed by atoms with Gasteiger partial charge in [-0.2, -0.15) is 0 Å². The number of aliphatic hydroxyl groups is 1. The maximum absolute atomic E-state index is 9.45. The van der Waals surface area contributed by atoms with Crippen molar-refractivity contribution in [3.8, 4) is 0 Å². The molecule has 0 saturated heterocycles. The zero-order valence-electron chi connectivity index (χ0n) is 9.60. The van der Waals surface area contributed by atoms with E-state index in [2.05, 4.69) is 11.1 Å². The van der Waals surface area contributed by atoms with Crippen LogP contribution in [0.15, 0.2) is 30.1 Å². The molecule has 2 heteroatoms. The molecule has 16 heavy (non-hydrogen) atoms. The van der Waals surface area contributed by atoms with E-state index in [0.29, 0.717) is 5.92 Å². The molecule has 1 aliphatic rings. The molecule has 1 aliphatic carbocycles. The molecule has 0 atom stereocenters. The molecule has 1 aromatic rings. The first-order valence-electron chi connectivity index (χ1n) is 6.11. The van der Waals surface area contributed by atoms with Crippen LogP contribution in [-0.4, -0.2) is 16.7 Å². The average molecular weight is 217 g/mol. The monoisotopic (exact) mass is 217 g/mol. The fourth-order valence-electron chi connectivity index (χ4n) is 2.44. The van der Waals surface area contributed by atoms with Crippen LogP contribution >= 0.6 is 0 Å². The van der Waals surface area contributed by atoms with Crippen molar-refractivity contribution in [2.24, 2.45) is 5.92 Å². The maximum Gasteiger partial charge on any atom is 0.0647 e. The Balaban J connectivity index is 2.12. The van der Waals surface area contributed by atoms with E-state index in [9.17, 15) is 5.11 Å². The summed E-state index contributed by atoms with van der Waals surface area (Å²) in [4.78, 5) is 4.09. The molecule has 1 saturated carbocycles. The fraction of sp³-hybridized carbons (Fsp3) is 0.500. The van der Waals surface area contributed by atoms with Gasteiger partial charge in [0, 0.05) is 12.4 Å². The van der Waals surface area contributed by atoms with Crippen LogP contribution in [0, 0.1) is 5.92 Å². The van der Waals surface area contributed by atoms with Gasteiger partial charge in [-0.1, -0.05) is 31.4 Å². The molecule has 1 fully saturated rings. The standard InChI is InChI=1S/C14H19NO/c16-11-14(13-6-2-1-3-7-13)9-12-5-4-8-15-10-12/h4-5,8-10,13,16H,1-3,6-7,11H2. The van der Waals surface area contributed by atoms with Crippen molar-refractivity contribution >= 4 is 6.08 Å². The van der Waals surface area contributed by atoms with E-state index < -0.39 is 0 Å². The number of hydrogen-bond acceptors (Lipinski definition) is 2. The van der Waals surface area contributed by atoms with Crippen molar-refractivity contribution in [1.29, 1.82) is 0 Å². The molecule has 0 radical (unpaired) electrons. The van der Waals surface area contributed by atoms with Crippen LogP contribution in [0.25, 0.3) is 6.08 Å². The van der Waals surface area contributed by atoms with E-state index in [1.54, 1.807) is 6.20 Å². The highest BCUT2D eigenvalue weighted by Gasteiger charge is 2.16. The SMILES string of the molecule is OCC(=Cc1cccnc1)C1CCCCC1. The zero-order chi connectivity index (χ0) is 11.2. The van der Waals surface area contributed by atoms with Crippen LogP contribution in [0.3, 0.4) is 0 Å². The zero-order valence-corrected chi connectivity index (χ0v) is 9.60. The van der Waals surface area contributed by atoms with Crippen LogP contribution in [0.2, 0.25) is 0 Å². The second-order valence-corrected chi connectivity index (χ2v) is 4.50. The summed E-state index contributed by atoms with van der Waals surface area (Å²) < 4.78 is 0. The van der Waals surface area contributed by atoms with Crippen molar-refractivity contribution in [2.75, 3.05) is 6.61 Å². The Kier molecular flexibility index (Phi) is 4.11. The third kappa shape index (κ3) is 2.92. The first kappa shape index (κ1) is 11.3. The van der Waals surface area contributed by atoms with Crippen molar-refractivity contribution in [2.45, 2.75) is 32.1 Å². The van der Waals surface area contributed by atoms with E-state index >= 15 is 0 Å². The third-order valence-corrected chi connectivity index (χ3v) is 3.35. The number of aromatic nitrogens is 1. The van der Waals surface area contributed by atoms with Crippen LogP contribution in [0.1, 0.15) is 37.7 Å². The molecular weight excluding hydrogens is 198 g/mol. The summed E-state index contributed by atoms with van der Waals surface area (Å²) in [5.74, 6) is 0.582. The second kappa shape index (κ2) is 5.80. The van der Waals surface area contributed by atoms with Gasteiger partial charge < -0.3 is 5.11 Å².